The Morgan fingerprint density at radius 2 is 2.15 bits per heavy atom. The van der Waals surface area contributed by atoms with Crippen molar-refractivity contribution < 1.29 is 4.39 Å². The van der Waals surface area contributed by atoms with E-state index in [0.29, 0.717) is 17.8 Å². The lowest BCUT2D eigenvalue weighted by atomic mass is 9.69. The molecule has 2 aliphatic rings. The largest absolute Gasteiger partial charge is 0.369 e. The maximum atomic E-state index is 13.6. The van der Waals surface area contributed by atoms with Gasteiger partial charge in [0.15, 0.2) is 5.96 Å². The Labute approximate surface area is 119 Å². The van der Waals surface area contributed by atoms with Crippen molar-refractivity contribution in [1.82, 2.24) is 0 Å². The highest BCUT2D eigenvalue weighted by Gasteiger charge is 2.49. The Morgan fingerprint density at radius 3 is 2.90 bits per heavy atom. The molecule has 3 unspecified atom stereocenters. The summed E-state index contributed by atoms with van der Waals surface area (Å²) < 4.78 is 13.6. The molecule has 20 heavy (non-hydrogen) atoms. The van der Waals surface area contributed by atoms with Crippen molar-refractivity contribution in [1.29, 1.82) is 0 Å². The van der Waals surface area contributed by atoms with Crippen molar-refractivity contribution in [3.8, 4) is 0 Å². The Kier molecular flexibility index (Phi) is 3.19. The summed E-state index contributed by atoms with van der Waals surface area (Å²) in [7, 11) is 0. The van der Waals surface area contributed by atoms with E-state index in [1.54, 1.807) is 12.1 Å². The minimum Gasteiger partial charge on any atom is -0.369 e. The van der Waals surface area contributed by atoms with E-state index in [0.717, 1.165) is 18.7 Å². The predicted octanol–water partition coefficient (Wildman–Crippen LogP) is 3.16. The zero-order chi connectivity index (χ0) is 14.3. The molecule has 2 N–H and O–H groups in total. The van der Waals surface area contributed by atoms with Gasteiger partial charge in [0.1, 0.15) is 5.82 Å². The Bertz CT molecular complexity index is 542. The molecule has 3 atom stereocenters. The average Bonchev–Trinajstić information content (AvgIpc) is 2.72. The van der Waals surface area contributed by atoms with Crippen LogP contribution in [0.3, 0.4) is 0 Å². The van der Waals surface area contributed by atoms with Crippen LogP contribution in [0, 0.1) is 17.7 Å². The quantitative estimate of drug-likeness (QED) is 0.855. The van der Waals surface area contributed by atoms with Crippen molar-refractivity contribution in [2.24, 2.45) is 22.6 Å². The zero-order valence-electron chi connectivity index (χ0n) is 12.1. The third-order valence-corrected chi connectivity index (χ3v) is 4.97. The standard InChI is InChI=1S/C16H22FN3/c1-11-6-7-12(2)16(9-11)10-19-15(18)20(16)14-5-3-4-13(17)8-14/h3-5,8,11-12H,6-7,9-10H2,1-2H3,(H2,18,19). The smallest absolute Gasteiger partial charge is 0.196 e. The van der Waals surface area contributed by atoms with Crippen molar-refractivity contribution in [3.63, 3.8) is 0 Å². The van der Waals surface area contributed by atoms with Gasteiger partial charge in [0, 0.05) is 5.69 Å². The number of halogens is 1. The minimum absolute atomic E-state index is 0.0739. The summed E-state index contributed by atoms with van der Waals surface area (Å²) in [4.78, 5) is 6.56. The number of hydrogen-bond donors (Lipinski definition) is 1. The van der Waals surface area contributed by atoms with Crippen LogP contribution in [-0.4, -0.2) is 18.0 Å². The number of anilines is 1. The van der Waals surface area contributed by atoms with Gasteiger partial charge in [-0.05, 0) is 42.9 Å². The molecule has 1 fully saturated rings. The number of guanidine groups is 1. The van der Waals surface area contributed by atoms with Gasteiger partial charge in [-0.15, -0.1) is 0 Å². The third-order valence-electron chi connectivity index (χ3n) is 4.97. The molecule has 0 saturated heterocycles. The molecule has 108 valence electrons. The number of benzene rings is 1. The van der Waals surface area contributed by atoms with Crippen molar-refractivity contribution in [3.05, 3.63) is 30.1 Å². The van der Waals surface area contributed by atoms with E-state index >= 15 is 0 Å². The fraction of sp³-hybridized carbons (Fsp3) is 0.562. The first-order valence-electron chi connectivity index (χ1n) is 7.38. The van der Waals surface area contributed by atoms with Gasteiger partial charge in [0.25, 0.3) is 0 Å². The molecule has 1 aliphatic carbocycles. The second-order valence-corrected chi connectivity index (χ2v) is 6.38. The molecular formula is C16H22FN3. The predicted molar refractivity (Wildman–Crippen MR) is 80.3 cm³/mol. The van der Waals surface area contributed by atoms with Crippen LogP contribution >= 0.6 is 0 Å². The highest BCUT2D eigenvalue weighted by atomic mass is 19.1. The van der Waals surface area contributed by atoms with E-state index in [1.807, 2.05) is 6.07 Å². The third kappa shape index (κ3) is 1.98. The van der Waals surface area contributed by atoms with Crippen LogP contribution in [0.2, 0.25) is 0 Å². The van der Waals surface area contributed by atoms with E-state index in [4.69, 9.17) is 5.73 Å². The topological polar surface area (TPSA) is 41.6 Å². The van der Waals surface area contributed by atoms with Crippen molar-refractivity contribution in [2.75, 3.05) is 11.4 Å². The Morgan fingerprint density at radius 1 is 1.35 bits per heavy atom. The molecule has 0 amide bonds. The van der Waals surface area contributed by atoms with Gasteiger partial charge < -0.3 is 10.6 Å². The van der Waals surface area contributed by atoms with Gasteiger partial charge in [0.2, 0.25) is 0 Å². The summed E-state index contributed by atoms with van der Waals surface area (Å²) in [5.74, 6) is 1.46. The summed E-state index contributed by atoms with van der Waals surface area (Å²) in [5.41, 5.74) is 6.88. The number of hydrogen-bond acceptors (Lipinski definition) is 3. The summed E-state index contributed by atoms with van der Waals surface area (Å²) in [6.07, 6.45) is 3.49. The lowest BCUT2D eigenvalue weighted by Crippen LogP contribution is -2.58. The van der Waals surface area contributed by atoms with Crippen LogP contribution in [0.15, 0.2) is 29.3 Å². The average molecular weight is 275 g/mol. The van der Waals surface area contributed by atoms with Crippen LogP contribution in [0.5, 0.6) is 0 Å². The molecule has 1 aliphatic heterocycles. The minimum atomic E-state index is -0.228. The van der Waals surface area contributed by atoms with Crippen LogP contribution < -0.4 is 10.6 Å². The molecule has 0 radical (unpaired) electrons. The molecule has 1 aromatic carbocycles. The van der Waals surface area contributed by atoms with E-state index in [1.165, 1.54) is 18.9 Å². The molecule has 1 heterocycles. The molecule has 1 saturated carbocycles. The van der Waals surface area contributed by atoms with Gasteiger partial charge >= 0.3 is 0 Å². The van der Waals surface area contributed by atoms with Gasteiger partial charge in [-0.1, -0.05) is 26.3 Å². The molecule has 0 bridgehead atoms. The highest BCUT2D eigenvalue weighted by Crippen LogP contribution is 2.45. The van der Waals surface area contributed by atoms with Gasteiger partial charge in [0.05, 0.1) is 12.1 Å². The monoisotopic (exact) mass is 275 g/mol. The molecule has 3 nitrogen and oxygen atoms in total. The van der Waals surface area contributed by atoms with Crippen LogP contribution in [0.25, 0.3) is 0 Å². The highest BCUT2D eigenvalue weighted by molar-refractivity contribution is 5.98. The second-order valence-electron chi connectivity index (χ2n) is 6.38. The van der Waals surface area contributed by atoms with E-state index in [2.05, 4.69) is 23.7 Å². The Hall–Kier alpha value is -1.58. The van der Waals surface area contributed by atoms with Crippen LogP contribution in [0.4, 0.5) is 10.1 Å². The summed E-state index contributed by atoms with van der Waals surface area (Å²) >= 11 is 0. The first-order valence-corrected chi connectivity index (χ1v) is 7.38. The lowest BCUT2D eigenvalue weighted by Gasteiger charge is -2.48. The van der Waals surface area contributed by atoms with Gasteiger partial charge in [-0.3, -0.25) is 4.99 Å². The van der Waals surface area contributed by atoms with Crippen LogP contribution in [-0.2, 0) is 0 Å². The molecule has 0 aromatic heterocycles. The van der Waals surface area contributed by atoms with E-state index < -0.39 is 0 Å². The first-order chi connectivity index (χ1) is 9.53. The van der Waals surface area contributed by atoms with Crippen molar-refractivity contribution in [2.45, 2.75) is 38.6 Å². The number of nitrogens with zero attached hydrogens (tertiary/aromatic N) is 2. The lowest BCUT2D eigenvalue weighted by molar-refractivity contribution is 0.178. The Balaban J connectivity index is 2.03. The molecule has 3 rings (SSSR count). The molecule has 4 heteroatoms. The van der Waals surface area contributed by atoms with Crippen molar-refractivity contribution >= 4 is 11.6 Å². The SMILES string of the molecule is CC1CCC(C)C2(CN=C(N)N2c2cccc(F)c2)C1. The maximum Gasteiger partial charge on any atom is 0.196 e. The van der Waals surface area contributed by atoms with Gasteiger partial charge in [-0.2, -0.15) is 0 Å². The number of rotatable bonds is 1. The fourth-order valence-corrected chi connectivity index (χ4v) is 3.83. The second kappa shape index (κ2) is 4.76. The molecule has 1 aromatic rings. The molecule has 1 spiro atoms. The van der Waals surface area contributed by atoms with E-state index in [-0.39, 0.29) is 11.4 Å². The fourth-order valence-electron chi connectivity index (χ4n) is 3.83. The molecular weight excluding hydrogens is 253 g/mol. The maximum absolute atomic E-state index is 13.6. The summed E-state index contributed by atoms with van der Waals surface area (Å²) in [6, 6.07) is 6.68. The van der Waals surface area contributed by atoms with Crippen LogP contribution in [0.1, 0.15) is 33.1 Å². The van der Waals surface area contributed by atoms with E-state index in [9.17, 15) is 4.39 Å². The normalized spacial score (nSPS) is 33.5. The number of nitrogens with two attached hydrogens (primary N) is 1. The zero-order valence-corrected chi connectivity index (χ0v) is 12.1. The number of aliphatic imine (C=N–C) groups is 1. The first kappa shape index (κ1) is 13.4. The summed E-state index contributed by atoms with van der Waals surface area (Å²) in [5, 5.41) is 0. The summed E-state index contributed by atoms with van der Waals surface area (Å²) in [6.45, 7) is 5.28. The van der Waals surface area contributed by atoms with Gasteiger partial charge in [-0.25, -0.2) is 4.39 Å².